The molecule has 0 unspecified atom stereocenters. The molecule has 136 valence electrons. The van der Waals surface area contributed by atoms with Crippen molar-refractivity contribution in [3.8, 4) is 17.1 Å². The first kappa shape index (κ1) is 17.2. The summed E-state index contributed by atoms with van der Waals surface area (Å²) >= 11 is 1.03. The lowest BCUT2D eigenvalue weighted by Gasteiger charge is -2.14. The lowest BCUT2D eigenvalue weighted by Crippen LogP contribution is -2.12. The molecule has 4 rings (SSSR count). The smallest absolute Gasteiger partial charge is 0.436 e. The molecule has 0 saturated carbocycles. The summed E-state index contributed by atoms with van der Waals surface area (Å²) in [6, 6.07) is 6.81. The van der Waals surface area contributed by atoms with Crippen LogP contribution in [0.15, 0.2) is 50.8 Å². The minimum atomic E-state index is -4.63. The predicted octanol–water partition coefficient (Wildman–Crippen LogP) is 3.40. The number of halogens is 3. The number of fused-ring (bicyclic) bond motifs is 3. The van der Waals surface area contributed by atoms with Crippen LogP contribution in [-0.4, -0.2) is 18.2 Å². The van der Waals surface area contributed by atoms with Crippen LogP contribution in [0.25, 0.3) is 17.1 Å². The lowest BCUT2D eigenvalue weighted by molar-refractivity contribution is -0.143. The number of hydrogen-bond acceptors (Lipinski definition) is 5. The summed E-state index contributed by atoms with van der Waals surface area (Å²) in [7, 11) is -3.91. The minimum Gasteiger partial charge on any atom is -0.462 e. The number of sulfonamides is 1. The van der Waals surface area contributed by atoms with Gasteiger partial charge in [0.2, 0.25) is 10.0 Å². The summed E-state index contributed by atoms with van der Waals surface area (Å²) in [5.74, 6) is 0.662. The molecule has 0 spiro atoms. The molecule has 0 fully saturated rings. The third kappa shape index (κ3) is 2.72. The third-order valence-corrected chi connectivity index (χ3v) is 5.91. The molecule has 0 radical (unpaired) electrons. The van der Waals surface area contributed by atoms with Crippen LogP contribution in [-0.2, 0) is 22.0 Å². The van der Waals surface area contributed by atoms with E-state index in [-0.39, 0.29) is 21.2 Å². The number of benzene rings is 1. The maximum Gasteiger partial charge on any atom is 0.436 e. The van der Waals surface area contributed by atoms with Crippen LogP contribution >= 0.6 is 11.8 Å². The Bertz CT molecular complexity index is 1100. The zero-order chi connectivity index (χ0) is 18.7. The summed E-state index contributed by atoms with van der Waals surface area (Å²) in [4.78, 5) is -0.165. The van der Waals surface area contributed by atoms with E-state index in [1.54, 1.807) is 6.07 Å². The Hall–Kier alpha value is -2.24. The van der Waals surface area contributed by atoms with Crippen LogP contribution in [0.1, 0.15) is 11.3 Å². The molecule has 1 aliphatic rings. The van der Waals surface area contributed by atoms with Crippen molar-refractivity contribution in [2.45, 2.75) is 21.7 Å². The number of alkyl halides is 3. The molecule has 2 aromatic heterocycles. The fourth-order valence-corrected chi connectivity index (χ4v) is 4.35. The van der Waals surface area contributed by atoms with E-state index < -0.39 is 21.9 Å². The predicted molar refractivity (Wildman–Crippen MR) is 87.2 cm³/mol. The monoisotopic (exact) mass is 401 g/mol. The Morgan fingerprint density at radius 1 is 1.19 bits per heavy atom. The van der Waals surface area contributed by atoms with E-state index in [0.717, 1.165) is 22.0 Å². The van der Waals surface area contributed by atoms with Crippen molar-refractivity contribution in [3.63, 3.8) is 0 Å². The van der Waals surface area contributed by atoms with Gasteiger partial charge >= 0.3 is 6.18 Å². The highest BCUT2D eigenvalue weighted by Gasteiger charge is 2.42. The van der Waals surface area contributed by atoms with Crippen LogP contribution in [0.5, 0.6) is 0 Å². The number of aromatic nitrogens is 2. The molecule has 3 aromatic rings. The summed E-state index contributed by atoms with van der Waals surface area (Å²) in [5.41, 5.74) is 0.208. The molecule has 0 aliphatic carbocycles. The molecule has 6 nitrogen and oxygen atoms in total. The Balaban J connectivity index is 1.94. The van der Waals surface area contributed by atoms with Crippen LogP contribution in [0, 0.1) is 0 Å². The largest absolute Gasteiger partial charge is 0.462 e. The SMILES string of the molecule is NS(=O)(=O)c1ccc(-n2nc(C(F)(F)F)c3c2-c2occc2CS3)cc1. The van der Waals surface area contributed by atoms with E-state index in [0.29, 0.717) is 11.5 Å². The van der Waals surface area contributed by atoms with Crippen LogP contribution in [0.2, 0.25) is 0 Å². The molecule has 1 aromatic carbocycles. The highest BCUT2D eigenvalue weighted by molar-refractivity contribution is 7.98. The zero-order valence-electron chi connectivity index (χ0n) is 12.8. The van der Waals surface area contributed by atoms with Crippen molar-refractivity contribution >= 4 is 21.8 Å². The van der Waals surface area contributed by atoms with Gasteiger partial charge in [-0.25, -0.2) is 18.2 Å². The van der Waals surface area contributed by atoms with E-state index in [4.69, 9.17) is 9.56 Å². The summed E-state index contributed by atoms with van der Waals surface area (Å²) < 4.78 is 69.5. The molecular weight excluding hydrogens is 391 g/mol. The third-order valence-electron chi connectivity index (χ3n) is 3.85. The number of furan rings is 1. The van der Waals surface area contributed by atoms with E-state index in [2.05, 4.69) is 5.10 Å². The average molecular weight is 401 g/mol. The van der Waals surface area contributed by atoms with Gasteiger partial charge in [-0.05, 0) is 30.3 Å². The summed E-state index contributed by atoms with van der Waals surface area (Å²) in [5, 5.41) is 8.78. The Kier molecular flexibility index (Phi) is 3.72. The number of thioether (sulfide) groups is 1. The molecule has 11 heteroatoms. The van der Waals surface area contributed by atoms with Crippen LogP contribution in [0.4, 0.5) is 13.2 Å². The molecular formula is C15H10F3N3O3S2. The van der Waals surface area contributed by atoms with Gasteiger partial charge < -0.3 is 4.42 Å². The zero-order valence-corrected chi connectivity index (χ0v) is 14.5. The van der Waals surface area contributed by atoms with Crippen molar-refractivity contribution in [1.29, 1.82) is 0 Å². The van der Waals surface area contributed by atoms with Gasteiger partial charge in [0.25, 0.3) is 0 Å². The molecule has 0 atom stereocenters. The first-order valence-electron chi connectivity index (χ1n) is 7.19. The number of nitrogens with zero attached hydrogens (tertiary/aromatic N) is 2. The Labute approximate surface area is 149 Å². The first-order chi connectivity index (χ1) is 12.2. The van der Waals surface area contributed by atoms with Gasteiger partial charge in [0.1, 0.15) is 5.69 Å². The average Bonchev–Trinajstić information content (AvgIpc) is 3.17. The fraction of sp³-hybridized carbons (Fsp3) is 0.133. The molecule has 26 heavy (non-hydrogen) atoms. The van der Waals surface area contributed by atoms with Crippen molar-refractivity contribution in [1.82, 2.24) is 9.78 Å². The second-order valence-corrected chi connectivity index (χ2v) is 8.09. The van der Waals surface area contributed by atoms with Gasteiger partial charge in [-0.2, -0.15) is 18.3 Å². The number of nitrogens with two attached hydrogens (primary N) is 1. The highest BCUT2D eigenvalue weighted by Crippen LogP contribution is 2.48. The van der Waals surface area contributed by atoms with Crippen molar-refractivity contribution < 1.29 is 26.0 Å². The van der Waals surface area contributed by atoms with Crippen LogP contribution < -0.4 is 5.14 Å². The minimum absolute atomic E-state index is 0.0181. The number of primary sulfonamides is 1. The van der Waals surface area contributed by atoms with E-state index in [9.17, 15) is 21.6 Å². The summed E-state index contributed by atoms with van der Waals surface area (Å²) in [6.45, 7) is 0. The van der Waals surface area contributed by atoms with E-state index in [1.165, 1.54) is 30.5 Å². The maximum absolute atomic E-state index is 13.4. The van der Waals surface area contributed by atoms with Gasteiger partial charge in [0.15, 0.2) is 11.5 Å². The molecule has 3 heterocycles. The van der Waals surface area contributed by atoms with E-state index >= 15 is 0 Å². The number of hydrogen-bond donors (Lipinski definition) is 1. The van der Waals surface area contributed by atoms with Gasteiger partial charge in [0, 0.05) is 11.3 Å². The second-order valence-electron chi connectivity index (χ2n) is 5.54. The highest BCUT2D eigenvalue weighted by atomic mass is 32.2. The van der Waals surface area contributed by atoms with Gasteiger partial charge in [-0.1, -0.05) is 0 Å². The fourth-order valence-electron chi connectivity index (χ4n) is 2.70. The van der Waals surface area contributed by atoms with Crippen molar-refractivity contribution in [2.75, 3.05) is 0 Å². The second kappa shape index (κ2) is 5.63. The van der Waals surface area contributed by atoms with Crippen molar-refractivity contribution in [3.05, 3.63) is 47.9 Å². The molecule has 2 N–H and O–H groups in total. The topological polar surface area (TPSA) is 91.1 Å². The van der Waals surface area contributed by atoms with Gasteiger partial charge in [0.05, 0.1) is 21.7 Å². The molecule has 0 saturated heterocycles. The van der Waals surface area contributed by atoms with Gasteiger partial charge in [-0.15, -0.1) is 11.8 Å². The standard InChI is InChI=1S/C15H10F3N3O3S2/c16-15(17,18)14-13-11(12-8(7-25-13)5-6-24-12)21(20-14)9-1-3-10(4-2-9)26(19,22)23/h1-6H,7H2,(H2,19,22,23). The maximum atomic E-state index is 13.4. The first-order valence-corrected chi connectivity index (χ1v) is 9.72. The van der Waals surface area contributed by atoms with Gasteiger partial charge in [-0.3, -0.25) is 0 Å². The molecule has 0 amide bonds. The molecule has 0 bridgehead atoms. The quantitative estimate of drug-likeness (QED) is 0.711. The van der Waals surface area contributed by atoms with Crippen LogP contribution in [0.3, 0.4) is 0 Å². The normalized spacial score (nSPS) is 14.2. The van der Waals surface area contributed by atoms with E-state index in [1.807, 2.05) is 0 Å². The molecule has 1 aliphatic heterocycles. The van der Waals surface area contributed by atoms with Crippen molar-refractivity contribution in [2.24, 2.45) is 5.14 Å². The number of rotatable bonds is 2. The Morgan fingerprint density at radius 2 is 1.88 bits per heavy atom. The Morgan fingerprint density at radius 3 is 2.50 bits per heavy atom. The lowest BCUT2D eigenvalue weighted by atomic mass is 10.2. The summed E-state index contributed by atoms with van der Waals surface area (Å²) in [6.07, 6.45) is -3.22.